The van der Waals surface area contributed by atoms with E-state index >= 15 is 0 Å². The molecule has 1 aromatic carbocycles. The van der Waals surface area contributed by atoms with Crippen molar-refractivity contribution in [2.75, 3.05) is 14.2 Å². The highest BCUT2D eigenvalue weighted by Gasteiger charge is 2.38. The molecule has 118 valence electrons. The van der Waals surface area contributed by atoms with Crippen LogP contribution in [0, 0.1) is 17.8 Å². The minimum Gasteiger partial charge on any atom is -0.493 e. The molecule has 0 aromatic heterocycles. The van der Waals surface area contributed by atoms with Crippen LogP contribution in [0.3, 0.4) is 0 Å². The summed E-state index contributed by atoms with van der Waals surface area (Å²) in [5.74, 6) is 3.08. The summed E-state index contributed by atoms with van der Waals surface area (Å²) in [5, 5.41) is 4.15. The van der Waals surface area contributed by atoms with E-state index in [4.69, 9.17) is 9.47 Å². The van der Waals surface area contributed by atoms with E-state index in [9.17, 15) is 4.79 Å². The van der Waals surface area contributed by atoms with Crippen LogP contribution in [0.2, 0.25) is 0 Å². The highest BCUT2D eigenvalue weighted by molar-refractivity contribution is 5.95. The monoisotopic (exact) mass is 302 g/mol. The van der Waals surface area contributed by atoms with Crippen LogP contribution >= 0.6 is 0 Å². The molecule has 3 atom stereocenters. The summed E-state index contributed by atoms with van der Waals surface area (Å²) >= 11 is 0. The van der Waals surface area contributed by atoms with Gasteiger partial charge in [-0.2, -0.15) is 5.10 Å². The van der Waals surface area contributed by atoms with Crippen LogP contribution < -0.4 is 14.9 Å². The molecule has 1 N–H and O–H groups in total. The van der Waals surface area contributed by atoms with Gasteiger partial charge in [-0.25, -0.2) is 5.43 Å². The number of nitrogens with zero attached hydrogens (tertiary/aromatic N) is 1. The largest absolute Gasteiger partial charge is 0.493 e. The van der Waals surface area contributed by atoms with Crippen molar-refractivity contribution >= 4 is 12.1 Å². The maximum absolute atomic E-state index is 12.1. The van der Waals surface area contributed by atoms with E-state index in [1.165, 1.54) is 25.7 Å². The second-order valence-electron chi connectivity index (χ2n) is 6.13. The smallest absolute Gasteiger partial charge is 0.271 e. The second-order valence-corrected chi connectivity index (χ2v) is 6.13. The number of hydrogen-bond donors (Lipinski definition) is 1. The molecule has 0 radical (unpaired) electrons. The predicted molar refractivity (Wildman–Crippen MR) is 84.4 cm³/mol. The van der Waals surface area contributed by atoms with Gasteiger partial charge >= 0.3 is 0 Å². The first kappa shape index (κ1) is 14.9. The molecule has 0 heterocycles. The lowest BCUT2D eigenvalue weighted by Gasteiger charge is -2.16. The Labute approximate surface area is 130 Å². The summed E-state index contributed by atoms with van der Waals surface area (Å²) in [6, 6.07) is 5.07. The van der Waals surface area contributed by atoms with Crippen LogP contribution in [-0.4, -0.2) is 26.3 Å². The second kappa shape index (κ2) is 6.38. The van der Waals surface area contributed by atoms with Crippen molar-refractivity contribution in [2.24, 2.45) is 22.9 Å². The maximum Gasteiger partial charge on any atom is 0.271 e. The first-order valence-electron chi connectivity index (χ1n) is 7.76. The Hall–Kier alpha value is -2.04. The average Bonchev–Trinajstić information content (AvgIpc) is 3.17. The molecule has 5 nitrogen and oxygen atoms in total. The summed E-state index contributed by atoms with van der Waals surface area (Å²) < 4.78 is 10.4. The third-order valence-electron chi connectivity index (χ3n) is 4.87. The normalized spacial score (nSPS) is 26.4. The Morgan fingerprint density at radius 2 is 2.05 bits per heavy atom. The molecule has 2 bridgehead atoms. The van der Waals surface area contributed by atoms with Gasteiger partial charge in [0.25, 0.3) is 5.91 Å². The fraction of sp³-hybridized carbons (Fsp3) is 0.529. The molecule has 0 spiro atoms. The van der Waals surface area contributed by atoms with Crippen molar-refractivity contribution in [3.63, 3.8) is 0 Å². The van der Waals surface area contributed by atoms with E-state index in [0.29, 0.717) is 23.0 Å². The highest BCUT2D eigenvalue weighted by atomic mass is 16.5. The molecule has 2 fully saturated rings. The van der Waals surface area contributed by atoms with Gasteiger partial charge < -0.3 is 9.47 Å². The summed E-state index contributed by atoms with van der Waals surface area (Å²) in [4.78, 5) is 12.1. The van der Waals surface area contributed by atoms with Gasteiger partial charge in [0.15, 0.2) is 11.5 Å². The number of carbonyl (C=O) groups is 1. The summed E-state index contributed by atoms with van der Waals surface area (Å²) in [7, 11) is 3.12. The van der Waals surface area contributed by atoms with Gasteiger partial charge in [0.1, 0.15) is 0 Å². The van der Waals surface area contributed by atoms with Gasteiger partial charge in [0, 0.05) is 11.8 Å². The number of nitrogens with one attached hydrogen (secondary N) is 1. The average molecular weight is 302 g/mol. The number of benzene rings is 1. The first-order valence-corrected chi connectivity index (χ1v) is 7.76. The zero-order chi connectivity index (χ0) is 15.5. The van der Waals surface area contributed by atoms with Crippen LogP contribution in [0.4, 0.5) is 0 Å². The minimum absolute atomic E-state index is 0.236. The van der Waals surface area contributed by atoms with Gasteiger partial charge in [-0.1, -0.05) is 6.42 Å². The quantitative estimate of drug-likeness (QED) is 0.672. The molecule has 2 aliphatic rings. The highest BCUT2D eigenvalue weighted by Crippen LogP contribution is 2.47. The van der Waals surface area contributed by atoms with E-state index < -0.39 is 0 Å². The van der Waals surface area contributed by atoms with Crippen LogP contribution in [0.1, 0.15) is 36.0 Å². The fourth-order valence-corrected chi connectivity index (χ4v) is 3.71. The lowest BCUT2D eigenvalue weighted by Crippen LogP contribution is -2.20. The zero-order valence-electron chi connectivity index (χ0n) is 13.0. The Morgan fingerprint density at radius 3 is 2.68 bits per heavy atom. The number of amides is 1. The van der Waals surface area contributed by atoms with E-state index in [2.05, 4.69) is 10.5 Å². The van der Waals surface area contributed by atoms with Crippen molar-refractivity contribution < 1.29 is 14.3 Å². The van der Waals surface area contributed by atoms with Gasteiger partial charge in [0.2, 0.25) is 0 Å². The third-order valence-corrected chi connectivity index (χ3v) is 4.87. The van der Waals surface area contributed by atoms with Gasteiger partial charge in [-0.3, -0.25) is 4.79 Å². The molecule has 3 rings (SSSR count). The van der Waals surface area contributed by atoms with Gasteiger partial charge in [0.05, 0.1) is 14.2 Å². The predicted octanol–water partition coefficient (Wildman–Crippen LogP) is 2.86. The molecule has 2 aliphatic carbocycles. The molecular formula is C17H22N2O3. The molecule has 2 saturated carbocycles. The number of hydrogen-bond acceptors (Lipinski definition) is 4. The molecule has 1 aromatic rings. The molecular weight excluding hydrogens is 280 g/mol. The van der Waals surface area contributed by atoms with Crippen LogP contribution in [0.25, 0.3) is 0 Å². The summed E-state index contributed by atoms with van der Waals surface area (Å²) in [6.07, 6.45) is 7.15. The molecule has 1 amide bonds. The number of carbonyl (C=O) groups excluding carboxylic acids is 1. The van der Waals surface area contributed by atoms with Crippen molar-refractivity contribution in [2.45, 2.75) is 25.7 Å². The van der Waals surface area contributed by atoms with Crippen molar-refractivity contribution in [3.8, 4) is 11.5 Å². The number of methoxy groups -OCH3 is 2. The fourth-order valence-electron chi connectivity index (χ4n) is 3.71. The lowest BCUT2D eigenvalue weighted by atomic mass is 9.90. The summed E-state index contributed by atoms with van der Waals surface area (Å²) in [6.45, 7) is 0. The third kappa shape index (κ3) is 2.93. The van der Waals surface area contributed by atoms with Crippen molar-refractivity contribution in [3.05, 3.63) is 23.8 Å². The van der Waals surface area contributed by atoms with Crippen molar-refractivity contribution in [1.29, 1.82) is 0 Å². The number of hydrazone groups is 1. The van der Waals surface area contributed by atoms with Crippen LogP contribution in [0.15, 0.2) is 23.3 Å². The number of rotatable bonds is 5. The molecule has 5 heteroatoms. The Balaban J connectivity index is 1.60. The summed E-state index contributed by atoms with van der Waals surface area (Å²) in [5.41, 5.74) is 3.11. The first-order chi connectivity index (χ1) is 10.7. The Morgan fingerprint density at radius 1 is 1.23 bits per heavy atom. The molecule has 0 saturated heterocycles. The topological polar surface area (TPSA) is 59.9 Å². The van der Waals surface area contributed by atoms with Gasteiger partial charge in [-0.15, -0.1) is 0 Å². The maximum atomic E-state index is 12.1. The Bertz CT molecular complexity index is 585. The molecule has 0 unspecified atom stereocenters. The number of fused-ring (bicyclic) bond motifs is 2. The van der Waals surface area contributed by atoms with Crippen LogP contribution in [0.5, 0.6) is 11.5 Å². The van der Waals surface area contributed by atoms with E-state index in [0.717, 1.165) is 11.8 Å². The molecule has 22 heavy (non-hydrogen) atoms. The van der Waals surface area contributed by atoms with E-state index in [1.807, 2.05) is 6.21 Å². The standard InChI is InChI=1S/C17H22N2O3/c1-21-15-6-5-13(9-16(15)22-2)17(20)19-18-10-14-8-11-3-4-12(14)7-11/h5-6,9-12,14H,3-4,7-8H2,1-2H3,(H,19,20)/b18-10-/t11-,12-,14-/m0/s1. The van der Waals surface area contributed by atoms with Gasteiger partial charge in [-0.05, 0) is 55.2 Å². The zero-order valence-corrected chi connectivity index (χ0v) is 13.0. The van der Waals surface area contributed by atoms with E-state index in [-0.39, 0.29) is 5.91 Å². The van der Waals surface area contributed by atoms with E-state index in [1.54, 1.807) is 32.4 Å². The molecule has 0 aliphatic heterocycles. The lowest BCUT2D eigenvalue weighted by molar-refractivity contribution is 0.0954. The Kier molecular flexibility index (Phi) is 4.32. The SMILES string of the molecule is COc1ccc(C(=O)N/N=C\[C@@H]2C[C@H]3CC[C@H]2C3)cc1OC. The number of ether oxygens (including phenoxy) is 2. The van der Waals surface area contributed by atoms with Crippen molar-refractivity contribution in [1.82, 2.24) is 5.43 Å². The van der Waals surface area contributed by atoms with Crippen LogP contribution in [-0.2, 0) is 0 Å². The minimum atomic E-state index is -0.236.